The Morgan fingerprint density at radius 1 is 1.04 bits per heavy atom. The van der Waals surface area contributed by atoms with Crippen LogP contribution in [0.15, 0.2) is 24.3 Å². The second-order valence-electron chi connectivity index (χ2n) is 7.37. The predicted molar refractivity (Wildman–Crippen MR) is 102 cm³/mol. The topological polar surface area (TPSA) is 66.9 Å². The van der Waals surface area contributed by atoms with Crippen LogP contribution < -0.4 is 4.74 Å². The van der Waals surface area contributed by atoms with E-state index in [1.54, 1.807) is 41.2 Å². The molecule has 2 heterocycles. The summed E-state index contributed by atoms with van der Waals surface area (Å²) in [4.78, 5) is 40.8. The van der Waals surface area contributed by atoms with Gasteiger partial charge in [0.15, 0.2) is 5.78 Å². The van der Waals surface area contributed by atoms with Gasteiger partial charge in [-0.2, -0.15) is 0 Å². The number of likely N-dealkylation sites (tertiary alicyclic amines) is 2. The normalized spacial score (nSPS) is 18.9. The average Bonchev–Trinajstić information content (AvgIpc) is 2.92. The van der Waals surface area contributed by atoms with Crippen LogP contribution in [0.4, 0.5) is 0 Å². The predicted octanol–water partition coefficient (Wildman–Crippen LogP) is 2.52. The summed E-state index contributed by atoms with van der Waals surface area (Å²) < 4.78 is 5.13. The van der Waals surface area contributed by atoms with Gasteiger partial charge in [-0.25, -0.2) is 0 Å². The van der Waals surface area contributed by atoms with Gasteiger partial charge in [0, 0.05) is 37.5 Å². The average molecular weight is 372 g/mol. The first kappa shape index (κ1) is 19.4. The number of methoxy groups -OCH3 is 1. The summed E-state index contributed by atoms with van der Waals surface area (Å²) >= 11 is 0. The molecule has 2 fully saturated rings. The Morgan fingerprint density at radius 2 is 1.74 bits per heavy atom. The van der Waals surface area contributed by atoms with Crippen LogP contribution in [-0.2, 0) is 9.59 Å². The summed E-state index contributed by atoms with van der Waals surface area (Å²) in [6.07, 6.45) is 4.83. The summed E-state index contributed by atoms with van der Waals surface area (Å²) in [5, 5.41) is 0. The van der Waals surface area contributed by atoms with Gasteiger partial charge in [0.1, 0.15) is 5.75 Å². The number of ketones is 1. The number of carbonyl (C=O) groups is 3. The molecule has 0 aliphatic carbocycles. The third-order valence-electron chi connectivity index (χ3n) is 5.59. The van der Waals surface area contributed by atoms with Gasteiger partial charge in [-0.05, 0) is 49.9 Å². The van der Waals surface area contributed by atoms with Crippen molar-refractivity contribution in [1.82, 2.24) is 9.80 Å². The summed E-state index contributed by atoms with van der Waals surface area (Å²) in [5.74, 6) is 0.899. The Hall–Kier alpha value is -2.37. The van der Waals surface area contributed by atoms with Gasteiger partial charge in [0.2, 0.25) is 11.8 Å². The second-order valence-corrected chi connectivity index (χ2v) is 7.37. The van der Waals surface area contributed by atoms with Crippen LogP contribution in [0.25, 0.3) is 0 Å². The van der Waals surface area contributed by atoms with E-state index in [1.165, 1.54) is 0 Å². The van der Waals surface area contributed by atoms with Gasteiger partial charge >= 0.3 is 0 Å². The van der Waals surface area contributed by atoms with E-state index in [1.807, 2.05) is 0 Å². The number of rotatable bonds is 5. The third kappa shape index (κ3) is 4.87. The quantitative estimate of drug-likeness (QED) is 0.745. The van der Waals surface area contributed by atoms with E-state index in [0.29, 0.717) is 44.5 Å². The summed E-state index contributed by atoms with van der Waals surface area (Å²) in [5.41, 5.74) is 0.690. The highest BCUT2D eigenvalue weighted by atomic mass is 16.5. The van der Waals surface area contributed by atoms with E-state index in [9.17, 15) is 14.4 Å². The summed E-state index contributed by atoms with van der Waals surface area (Å²) in [6, 6.07) is 7.18. The third-order valence-corrected chi connectivity index (χ3v) is 5.59. The Labute approximate surface area is 160 Å². The lowest BCUT2D eigenvalue weighted by Crippen LogP contribution is -2.46. The van der Waals surface area contributed by atoms with Gasteiger partial charge in [0.05, 0.1) is 13.7 Å². The van der Waals surface area contributed by atoms with Crippen LogP contribution in [0.5, 0.6) is 5.75 Å². The van der Waals surface area contributed by atoms with Gasteiger partial charge in [-0.15, -0.1) is 0 Å². The number of benzene rings is 1. The second kappa shape index (κ2) is 9.02. The molecule has 2 aliphatic rings. The first-order chi connectivity index (χ1) is 13.1. The molecule has 146 valence electrons. The molecule has 0 radical (unpaired) electrons. The number of piperidine rings is 1. The zero-order chi connectivity index (χ0) is 19.2. The molecule has 0 unspecified atom stereocenters. The van der Waals surface area contributed by atoms with Crippen LogP contribution in [0.2, 0.25) is 0 Å². The fourth-order valence-electron chi connectivity index (χ4n) is 3.85. The van der Waals surface area contributed by atoms with Crippen molar-refractivity contribution >= 4 is 17.6 Å². The smallest absolute Gasteiger partial charge is 0.242 e. The lowest BCUT2D eigenvalue weighted by Gasteiger charge is -2.33. The molecule has 6 nitrogen and oxygen atoms in total. The van der Waals surface area contributed by atoms with E-state index >= 15 is 0 Å². The van der Waals surface area contributed by atoms with E-state index < -0.39 is 0 Å². The maximum atomic E-state index is 12.7. The molecular formula is C21H28N2O4. The Bertz CT molecular complexity index is 678. The highest BCUT2D eigenvalue weighted by Gasteiger charge is 2.29. The molecule has 6 heteroatoms. The number of hydrogen-bond acceptors (Lipinski definition) is 4. The van der Waals surface area contributed by atoms with Gasteiger partial charge in [0.25, 0.3) is 0 Å². The van der Waals surface area contributed by atoms with Crippen molar-refractivity contribution < 1.29 is 19.1 Å². The summed E-state index contributed by atoms with van der Waals surface area (Å²) in [6.45, 7) is 2.01. The molecule has 1 aromatic rings. The monoisotopic (exact) mass is 372 g/mol. The van der Waals surface area contributed by atoms with Gasteiger partial charge < -0.3 is 14.5 Å². The van der Waals surface area contributed by atoms with Crippen LogP contribution in [0.1, 0.15) is 48.9 Å². The number of Topliss-reactive ketones (excluding diaryl/α,β-unsaturated/α-hetero) is 1. The van der Waals surface area contributed by atoms with Gasteiger partial charge in [-0.3, -0.25) is 14.4 Å². The molecule has 0 atom stereocenters. The number of nitrogens with zero attached hydrogens (tertiary/aromatic N) is 2. The molecule has 0 bridgehead atoms. The molecule has 0 saturated carbocycles. The van der Waals surface area contributed by atoms with E-state index in [-0.39, 0.29) is 30.1 Å². The lowest BCUT2D eigenvalue weighted by atomic mass is 9.89. The molecule has 2 aliphatic heterocycles. The lowest BCUT2D eigenvalue weighted by molar-refractivity contribution is -0.140. The minimum Gasteiger partial charge on any atom is -0.497 e. The molecular weight excluding hydrogens is 344 g/mol. The molecule has 1 aromatic carbocycles. The molecule has 0 spiro atoms. The minimum atomic E-state index is -0.0535. The number of ether oxygens (including phenoxy) is 1. The Morgan fingerprint density at radius 3 is 2.41 bits per heavy atom. The molecule has 27 heavy (non-hydrogen) atoms. The van der Waals surface area contributed by atoms with Crippen LogP contribution in [0, 0.1) is 5.92 Å². The van der Waals surface area contributed by atoms with Crippen molar-refractivity contribution in [2.24, 2.45) is 5.92 Å². The van der Waals surface area contributed by atoms with Crippen LogP contribution in [-0.4, -0.2) is 60.7 Å². The van der Waals surface area contributed by atoms with Crippen molar-refractivity contribution in [3.8, 4) is 5.75 Å². The maximum Gasteiger partial charge on any atom is 0.242 e. The van der Waals surface area contributed by atoms with Crippen LogP contribution >= 0.6 is 0 Å². The first-order valence-corrected chi connectivity index (χ1v) is 9.82. The van der Waals surface area contributed by atoms with Crippen molar-refractivity contribution in [3.63, 3.8) is 0 Å². The Kier molecular flexibility index (Phi) is 6.48. The summed E-state index contributed by atoms with van der Waals surface area (Å²) in [7, 11) is 1.60. The van der Waals surface area contributed by atoms with Crippen LogP contribution in [0.3, 0.4) is 0 Å². The molecule has 2 amide bonds. The molecule has 3 rings (SSSR count). The van der Waals surface area contributed by atoms with E-state index in [4.69, 9.17) is 4.74 Å². The highest BCUT2D eigenvalue weighted by molar-refractivity contribution is 5.98. The number of amides is 2. The SMILES string of the molecule is COc1ccc(C(=O)C2CCN(C(=O)CN3CCCCCC3=O)CC2)cc1. The fourth-order valence-corrected chi connectivity index (χ4v) is 3.85. The van der Waals surface area contributed by atoms with Gasteiger partial charge in [-0.1, -0.05) is 6.42 Å². The fraction of sp³-hybridized carbons (Fsp3) is 0.571. The molecule has 0 N–H and O–H groups in total. The Balaban J connectivity index is 1.50. The van der Waals surface area contributed by atoms with Crippen molar-refractivity contribution in [2.45, 2.75) is 38.5 Å². The standard InChI is InChI=1S/C21H28N2O4/c1-27-18-8-6-16(7-9-18)21(26)17-10-13-22(14-11-17)20(25)15-23-12-4-2-3-5-19(23)24/h6-9,17H,2-5,10-15H2,1H3. The van der Waals surface area contributed by atoms with Crippen molar-refractivity contribution in [2.75, 3.05) is 33.3 Å². The maximum absolute atomic E-state index is 12.7. The zero-order valence-corrected chi connectivity index (χ0v) is 16.0. The zero-order valence-electron chi connectivity index (χ0n) is 16.0. The number of hydrogen-bond donors (Lipinski definition) is 0. The van der Waals surface area contributed by atoms with E-state index in [0.717, 1.165) is 25.0 Å². The van der Waals surface area contributed by atoms with E-state index in [2.05, 4.69) is 0 Å². The number of carbonyl (C=O) groups excluding carboxylic acids is 3. The highest BCUT2D eigenvalue weighted by Crippen LogP contribution is 2.23. The molecule has 2 saturated heterocycles. The largest absolute Gasteiger partial charge is 0.497 e. The first-order valence-electron chi connectivity index (χ1n) is 9.82. The minimum absolute atomic E-state index is 0.000552. The van der Waals surface area contributed by atoms with Crippen molar-refractivity contribution in [3.05, 3.63) is 29.8 Å². The van der Waals surface area contributed by atoms with Crippen molar-refractivity contribution in [1.29, 1.82) is 0 Å². The molecule has 0 aromatic heterocycles.